The number of nitrogens with zero attached hydrogens (tertiary/aromatic N) is 2. The second-order valence-electron chi connectivity index (χ2n) is 13.4. The number of urea groups is 1. The maximum Gasteiger partial charge on any atom is 0.315 e. The Hall–Kier alpha value is -3.38. The summed E-state index contributed by atoms with van der Waals surface area (Å²) in [5, 5.41) is 56.8. The van der Waals surface area contributed by atoms with Crippen molar-refractivity contribution in [3.8, 4) is 16.9 Å². The Bertz CT molecular complexity index is 1780. The zero-order valence-corrected chi connectivity index (χ0v) is 30.6. The molecule has 16 heteroatoms. The predicted molar refractivity (Wildman–Crippen MR) is 194 cm³/mol. The summed E-state index contributed by atoms with van der Waals surface area (Å²) in [5.74, 6) is 0.849. The van der Waals surface area contributed by atoms with Crippen molar-refractivity contribution in [3.63, 3.8) is 0 Å². The predicted octanol–water partition coefficient (Wildman–Crippen LogP) is 1.86. The van der Waals surface area contributed by atoms with Crippen LogP contribution in [0, 0.1) is 0 Å². The van der Waals surface area contributed by atoms with Gasteiger partial charge in [-0.15, -0.1) is 0 Å². The number of pyridine rings is 1. The SMILES string of the molecule is CN(CCCCNC(=O)N[C@@H](CO)[C@@H](O)[C@H](O)[C@H](O)CO)S(=O)(=O)c1ccc(Cl)c(CNC2(c3cnccc3-c3ccccc3OC3CC3)CC2)c1. The van der Waals surface area contributed by atoms with Crippen LogP contribution in [0.4, 0.5) is 4.79 Å². The third-order valence-corrected chi connectivity index (χ3v) is 11.7. The molecule has 0 unspecified atom stereocenters. The summed E-state index contributed by atoms with van der Waals surface area (Å²) in [6, 6.07) is 12.6. The lowest BCUT2D eigenvalue weighted by Crippen LogP contribution is -2.56. The van der Waals surface area contributed by atoms with E-state index >= 15 is 0 Å². The van der Waals surface area contributed by atoms with Crippen molar-refractivity contribution in [1.82, 2.24) is 25.2 Å². The molecular weight excluding hydrogens is 714 g/mol. The van der Waals surface area contributed by atoms with Gasteiger partial charge in [0.2, 0.25) is 10.0 Å². The van der Waals surface area contributed by atoms with Crippen LogP contribution in [0.1, 0.15) is 49.7 Å². The number of nitrogens with one attached hydrogen (secondary N) is 3. The lowest BCUT2D eigenvalue weighted by atomic mass is 9.94. The van der Waals surface area contributed by atoms with Crippen LogP contribution in [0.2, 0.25) is 5.02 Å². The summed E-state index contributed by atoms with van der Waals surface area (Å²) in [6.07, 6.45) is 3.46. The Morgan fingerprint density at radius 2 is 1.79 bits per heavy atom. The first-order chi connectivity index (χ1) is 24.9. The number of para-hydroxylation sites is 1. The van der Waals surface area contributed by atoms with Gasteiger partial charge in [0.15, 0.2) is 0 Å². The summed E-state index contributed by atoms with van der Waals surface area (Å²) in [4.78, 5) is 16.8. The molecule has 2 aliphatic rings. The van der Waals surface area contributed by atoms with Crippen LogP contribution in [0.5, 0.6) is 5.75 Å². The number of halogens is 1. The largest absolute Gasteiger partial charge is 0.490 e. The van der Waals surface area contributed by atoms with E-state index in [1.54, 1.807) is 18.3 Å². The van der Waals surface area contributed by atoms with Crippen LogP contribution in [-0.2, 0) is 22.1 Å². The number of carbonyl (C=O) groups excluding carboxylic acids is 1. The molecule has 1 heterocycles. The third-order valence-electron chi connectivity index (χ3n) is 9.47. The number of hydrogen-bond acceptors (Lipinski definition) is 11. The van der Waals surface area contributed by atoms with Crippen molar-refractivity contribution in [2.24, 2.45) is 0 Å². The van der Waals surface area contributed by atoms with Gasteiger partial charge in [-0.2, -0.15) is 0 Å². The molecule has 2 aromatic carbocycles. The van der Waals surface area contributed by atoms with Gasteiger partial charge in [0.25, 0.3) is 0 Å². The zero-order chi connectivity index (χ0) is 37.5. The van der Waals surface area contributed by atoms with Crippen LogP contribution in [0.15, 0.2) is 65.8 Å². The minimum Gasteiger partial charge on any atom is -0.490 e. The molecule has 2 saturated carbocycles. The first-order valence-electron chi connectivity index (χ1n) is 17.4. The zero-order valence-electron chi connectivity index (χ0n) is 29.0. The fourth-order valence-corrected chi connectivity index (χ4v) is 7.38. The molecule has 2 aliphatic carbocycles. The summed E-state index contributed by atoms with van der Waals surface area (Å²) in [7, 11) is -2.38. The van der Waals surface area contributed by atoms with Crippen molar-refractivity contribution >= 4 is 27.7 Å². The van der Waals surface area contributed by atoms with Crippen LogP contribution in [-0.4, -0.2) is 113 Å². The lowest BCUT2D eigenvalue weighted by Gasteiger charge is -2.28. The van der Waals surface area contributed by atoms with Crippen molar-refractivity contribution in [3.05, 3.63) is 77.1 Å². The molecule has 8 N–H and O–H groups in total. The van der Waals surface area contributed by atoms with Gasteiger partial charge < -0.3 is 46.2 Å². The summed E-state index contributed by atoms with van der Waals surface area (Å²) >= 11 is 6.58. The molecular formula is C36H48ClN5O9S. The smallest absolute Gasteiger partial charge is 0.315 e. The molecule has 1 aromatic heterocycles. The lowest BCUT2D eigenvalue weighted by molar-refractivity contribution is -0.0902. The number of amides is 2. The molecule has 4 atom stereocenters. The summed E-state index contributed by atoms with van der Waals surface area (Å²) in [6.45, 7) is -0.879. The van der Waals surface area contributed by atoms with Gasteiger partial charge in [0.1, 0.15) is 24.1 Å². The minimum atomic E-state index is -3.87. The fraction of sp³-hybridized carbons (Fsp3) is 0.500. The van der Waals surface area contributed by atoms with E-state index in [4.69, 9.17) is 21.4 Å². The van der Waals surface area contributed by atoms with Crippen molar-refractivity contribution in [2.75, 3.05) is 33.4 Å². The van der Waals surface area contributed by atoms with Gasteiger partial charge in [0, 0.05) is 55.2 Å². The standard InChI is InChI=1S/C36H48ClN5O9S/c1-42(17-5-4-15-39-35(48)41-30(21-43)33(46)34(47)31(45)22-44)52(49,50)25-10-11-29(37)23(18-25)19-40-36(13-14-36)28-20-38-16-12-26(28)27-6-2-3-7-32(27)51-24-8-9-24/h2-3,6-7,10-12,16,18,20,24,30-31,33-34,40,43-47H,4-5,8-9,13-15,17,19,21-22H2,1H3,(H2,39,41,48)/t30-,31+,33+,34+/m0/s1. The molecule has 0 spiro atoms. The highest BCUT2D eigenvalue weighted by molar-refractivity contribution is 7.89. The van der Waals surface area contributed by atoms with E-state index in [1.807, 2.05) is 30.5 Å². The highest BCUT2D eigenvalue weighted by Crippen LogP contribution is 2.50. The Kier molecular flexibility index (Phi) is 13.5. The van der Waals surface area contributed by atoms with Gasteiger partial charge in [-0.1, -0.05) is 29.8 Å². The molecule has 284 valence electrons. The monoisotopic (exact) mass is 761 g/mol. The summed E-state index contributed by atoms with van der Waals surface area (Å²) < 4.78 is 34.5. The second-order valence-corrected chi connectivity index (χ2v) is 15.8. The van der Waals surface area contributed by atoms with E-state index in [9.17, 15) is 33.6 Å². The van der Waals surface area contributed by atoms with Crippen molar-refractivity contribution in [2.45, 2.75) is 86.0 Å². The minimum absolute atomic E-state index is 0.105. The maximum atomic E-state index is 13.5. The molecule has 14 nitrogen and oxygen atoms in total. The first kappa shape index (κ1) is 39.8. The maximum absolute atomic E-state index is 13.5. The van der Waals surface area contributed by atoms with Crippen molar-refractivity contribution < 1.29 is 43.5 Å². The van der Waals surface area contributed by atoms with Gasteiger partial charge in [-0.3, -0.25) is 4.98 Å². The topological polar surface area (TPSA) is 214 Å². The van der Waals surface area contributed by atoms with Gasteiger partial charge in [-0.25, -0.2) is 17.5 Å². The second kappa shape index (κ2) is 17.6. The Morgan fingerprint density at radius 1 is 1.04 bits per heavy atom. The highest BCUT2D eigenvalue weighted by Gasteiger charge is 2.46. The fourth-order valence-electron chi connectivity index (χ4n) is 5.94. The average Bonchev–Trinajstić information content (AvgIpc) is 4.10. The molecule has 0 saturated heterocycles. The van der Waals surface area contributed by atoms with Crippen LogP contribution in [0.25, 0.3) is 11.1 Å². The Balaban J connectivity index is 1.15. The molecule has 5 rings (SSSR count). The summed E-state index contributed by atoms with van der Waals surface area (Å²) in [5.41, 5.74) is 3.40. The number of sulfonamides is 1. The van der Waals surface area contributed by atoms with E-state index in [2.05, 4.69) is 27.0 Å². The number of aromatic nitrogens is 1. The number of benzene rings is 2. The molecule has 52 heavy (non-hydrogen) atoms. The van der Waals surface area contributed by atoms with Crippen LogP contribution < -0.4 is 20.7 Å². The van der Waals surface area contributed by atoms with Gasteiger partial charge >= 0.3 is 6.03 Å². The van der Waals surface area contributed by atoms with E-state index in [0.717, 1.165) is 48.1 Å². The molecule has 0 radical (unpaired) electrons. The first-order valence-corrected chi connectivity index (χ1v) is 19.2. The van der Waals surface area contributed by atoms with E-state index in [-0.39, 0.29) is 29.6 Å². The normalized spacial score (nSPS) is 17.6. The third kappa shape index (κ3) is 9.78. The number of aliphatic hydroxyl groups is 5. The van der Waals surface area contributed by atoms with E-state index in [1.165, 1.54) is 17.4 Å². The van der Waals surface area contributed by atoms with Gasteiger partial charge in [-0.05, 0) is 85.5 Å². The number of aliphatic hydroxyl groups excluding tert-OH is 5. The molecule has 0 aliphatic heterocycles. The molecule has 3 aromatic rings. The number of hydrogen-bond donors (Lipinski definition) is 8. The van der Waals surface area contributed by atoms with Crippen LogP contribution in [0.3, 0.4) is 0 Å². The van der Waals surface area contributed by atoms with Crippen molar-refractivity contribution in [1.29, 1.82) is 0 Å². The molecule has 2 amide bonds. The molecule has 2 fully saturated rings. The Labute approximate surface area is 308 Å². The quantitative estimate of drug-likeness (QED) is 0.0779. The van der Waals surface area contributed by atoms with E-state index in [0.29, 0.717) is 30.0 Å². The average molecular weight is 762 g/mol. The number of unbranched alkanes of at least 4 members (excludes halogenated alkanes) is 1. The van der Waals surface area contributed by atoms with Gasteiger partial charge in [0.05, 0.1) is 30.3 Å². The number of rotatable bonds is 20. The number of ether oxygens (including phenoxy) is 1. The van der Waals surface area contributed by atoms with E-state index < -0.39 is 53.6 Å². The number of carbonyl (C=O) groups is 1. The molecule has 0 bridgehead atoms. The Morgan fingerprint density at radius 3 is 2.48 bits per heavy atom. The van der Waals surface area contributed by atoms with Crippen LogP contribution >= 0.6 is 11.6 Å². The highest BCUT2D eigenvalue weighted by atomic mass is 35.5.